The van der Waals surface area contributed by atoms with Crippen LogP contribution in [0.4, 0.5) is 5.95 Å². The summed E-state index contributed by atoms with van der Waals surface area (Å²) in [5.74, 6) is -0.870. The number of rotatable bonds is 8. The van der Waals surface area contributed by atoms with Crippen LogP contribution in [0, 0.1) is 5.92 Å². The molecular formula is C20H30ClN5O4. The Morgan fingerprint density at radius 3 is 2.60 bits per heavy atom. The van der Waals surface area contributed by atoms with Crippen LogP contribution in [0.15, 0.2) is 6.20 Å². The van der Waals surface area contributed by atoms with E-state index in [9.17, 15) is 14.4 Å². The van der Waals surface area contributed by atoms with Gasteiger partial charge < -0.3 is 19.4 Å². The predicted octanol–water partition coefficient (Wildman–Crippen LogP) is 1.85. The van der Waals surface area contributed by atoms with Crippen molar-refractivity contribution < 1.29 is 19.1 Å². The summed E-state index contributed by atoms with van der Waals surface area (Å²) in [6.45, 7) is 8.12. The molecule has 2 rings (SSSR count). The Bertz CT molecular complexity index is 772. The third-order valence-electron chi connectivity index (χ3n) is 5.09. The SMILES string of the molecule is CCOC(=O)C1CCCN(C(=O)CN(C)C(=O)c2nc(N(CC)CC)ncc2Cl)C1. The quantitative estimate of drug-likeness (QED) is 0.570. The van der Waals surface area contributed by atoms with Gasteiger partial charge in [-0.25, -0.2) is 9.97 Å². The number of aromatic nitrogens is 2. The minimum absolute atomic E-state index is 0.0620. The van der Waals surface area contributed by atoms with E-state index in [1.165, 1.54) is 18.1 Å². The lowest BCUT2D eigenvalue weighted by molar-refractivity contribution is -0.151. The van der Waals surface area contributed by atoms with E-state index in [0.29, 0.717) is 45.2 Å². The van der Waals surface area contributed by atoms with Crippen molar-refractivity contribution in [2.24, 2.45) is 5.92 Å². The van der Waals surface area contributed by atoms with Gasteiger partial charge >= 0.3 is 5.97 Å². The summed E-state index contributed by atoms with van der Waals surface area (Å²) in [4.78, 5) is 50.9. The lowest BCUT2D eigenvalue weighted by Crippen LogP contribution is -2.47. The van der Waals surface area contributed by atoms with E-state index in [0.717, 1.165) is 6.42 Å². The van der Waals surface area contributed by atoms with Crippen LogP contribution in [0.3, 0.4) is 0 Å². The average Bonchev–Trinajstić information content (AvgIpc) is 2.75. The summed E-state index contributed by atoms with van der Waals surface area (Å²) in [6.07, 6.45) is 2.82. The van der Waals surface area contributed by atoms with Crippen molar-refractivity contribution in [3.8, 4) is 0 Å². The molecular weight excluding hydrogens is 410 g/mol. The zero-order valence-electron chi connectivity index (χ0n) is 18.1. The second kappa shape index (κ2) is 11.1. The summed E-state index contributed by atoms with van der Waals surface area (Å²) in [7, 11) is 1.53. The highest BCUT2D eigenvalue weighted by molar-refractivity contribution is 6.33. The summed E-state index contributed by atoms with van der Waals surface area (Å²) >= 11 is 6.16. The summed E-state index contributed by atoms with van der Waals surface area (Å²) < 4.78 is 5.07. The number of nitrogens with zero attached hydrogens (tertiary/aromatic N) is 5. The van der Waals surface area contributed by atoms with Crippen LogP contribution >= 0.6 is 11.6 Å². The first kappa shape index (κ1) is 23.9. The molecule has 1 aromatic heterocycles. The van der Waals surface area contributed by atoms with Gasteiger partial charge in [-0.15, -0.1) is 0 Å². The molecule has 0 bridgehead atoms. The minimum Gasteiger partial charge on any atom is -0.466 e. The van der Waals surface area contributed by atoms with Crippen molar-refractivity contribution >= 4 is 35.3 Å². The third-order valence-corrected chi connectivity index (χ3v) is 5.37. The van der Waals surface area contributed by atoms with E-state index in [4.69, 9.17) is 16.3 Å². The number of carbonyl (C=O) groups is 3. The van der Waals surface area contributed by atoms with Crippen molar-refractivity contribution in [3.05, 3.63) is 16.9 Å². The van der Waals surface area contributed by atoms with Gasteiger partial charge in [-0.3, -0.25) is 14.4 Å². The van der Waals surface area contributed by atoms with E-state index in [2.05, 4.69) is 9.97 Å². The second-order valence-corrected chi connectivity index (χ2v) is 7.54. The number of likely N-dealkylation sites (N-methyl/N-ethyl adjacent to an activating group) is 1. The molecule has 0 N–H and O–H groups in total. The van der Waals surface area contributed by atoms with Crippen LogP contribution < -0.4 is 4.90 Å². The molecule has 10 heteroatoms. The van der Waals surface area contributed by atoms with Gasteiger partial charge in [0.1, 0.15) is 0 Å². The Kier molecular flexibility index (Phi) is 8.83. The molecule has 1 saturated heterocycles. The predicted molar refractivity (Wildman–Crippen MR) is 114 cm³/mol. The molecule has 0 aliphatic carbocycles. The molecule has 2 amide bonds. The average molecular weight is 440 g/mol. The molecule has 30 heavy (non-hydrogen) atoms. The van der Waals surface area contributed by atoms with Crippen LogP contribution in [0.1, 0.15) is 44.1 Å². The van der Waals surface area contributed by atoms with Crippen molar-refractivity contribution in [2.75, 3.05) is 51.3 Å². The number of halogens is 1. The first-order chi connectivity index (χ1) is 14.3. The molecule has 2 heterocycles. The van der Waals surface area contributed by atoms with Gasteiger partial charge in [-0.2, -0.15) is 0 Å². The molecule has 1 aromatic rings. The van der Waals surface area contributed by atoms with Crippen LogP contribution in [0.2, 0.25) is 5.02 Å². The highest BCUT2D eigenvalue weighted by Gasteiger charge is 2.30. The second-order valence-electron chi connectivity index (χ2n) is 7.13. The highest BCUT2D eigenvalue weighted by atomic mass is 35.5. The maximum atomic E-state index is 12.9. The first-order valence-electron chi connectivity index (χ1n) is 10.3. The molecule has 1 unspecified atom stereocenters. The van der Waals surface area contributed by atoms with Gasteiger partial charge in [-0.05, 0) is 33.6 Å². The van der Waals surface area contributed by atoms with Crippen LogP contribution in [-0.4, -0.2) is 83.9 Å². The fourth-order valence-corrected chi connectivity index (χ4v) is 3.55. The fraction of sp³-hybridized carbons (Fsp3) is 0.650. The Hall–Kier alpha value is -2.42. The standard InChI is InChI=1S/C20H30ClN5O4/c1-5-25(6-2)20-22-11-15(21)17(23-20)18(28)24(4)13-16(27)26-10-8-9-14(12-26)19(29)30-7-3/h11,14H,5-10,12-13H2,1-4H3. The summed E-state index contributed by atoms with van der Waals surface area (Å²) in [5.41, 5.74) is 0.0620. The van der Waals surface area contributed by atoms with E-state index < -0.39 is 5.91 Å². The maximum absolute atomic E-state index is 12.9. The molecule has 1 aliphatic heterocycles. The molecule has 0 radical (unpaired) electrons. The Labute approximate surface area is 182 Å². The number of hydrogen-bond acceptors (Lipinski definition) is 7. The number of esters is 1. The lowest BCUT2D eigenvalue weighted by atomic mass is 9.98. The number of ether oxygens (including phenoxy) is 1. The number of anilines is 1. The van der Waals surface area contributed by atoms with Crippen LogP contribution in [-0.2, 0) is 14.3 Å². The number of hydrogen-bond donors (Lipinski definition) is 0. The zero-order valence-corrected chi connectivity index (χ0v) is 18.8. The van der Waals surface area contributed by atoms with E-state index >= 15 is 0 Å². The normalized spacial score (nSPS) is 16.2. The number of piperidine rings is 1. The van der Waals surface area contributed by atoms with E-state index in [1.807, 2.05) is 18.7 Å². The number of amides is 2. The summed E-state index contributed by atoms with van der Waals surface area (Å²) in [6, 6.07) is 0. The van der Waals surface area contributed by atoms with E-state index in [1.54, 1.807) is 11.8 Å². The Morgan fingerprint density at radius 1 is 1.27 bits per heavy atom. The van der Waals surface area contributed by atoms with Gasteiger partial charge in [0.05, 0.1) is 30.3 Å². The minimum atomic E-state index is -0.455. The molecule has 0 aromatic carbocycles. The monoisotopic (exact) mass is 439 g/mol. The highest BCUT2D eigenvalue weighted by Crippen LogP contribution is 2.20. The number of likely N-dealkylation sites (tertiary alicyclic amines) is 1. The zero-order chi connectivity index (χ0) is 22.3. The van der Waals surface area contributed by atoms with Gasteiger partial charge in [0.25, 0.3) is 5.91 Å². The van der Waals surface area contributed by atoms with Crippen molar-refractivity contribution in [1.82, 2.24) is 19.8 Å². The largest absolute Gasteiger partial charge is 0.466 e. The topological polar surface area (TPSA) is 95.9 Å². The van der Waals surface area contributed by atoms with Gasteiger partial charge in [0, 0.05) is 33.2 Å². The van der Waals surface area contributed by atoms with Gasteiger partial charge in [0.2, 0.25) is 11.9 Å². The Morgan fingerprint density at radius 2 is 1.97 bits per heavy atom. The van der Waals surface area contributed by atoms with Crippen molar-refractivity contribution in [1.29, 1.82) is 0 Å². The number of carbonyl (C=O) groups excluding carboxylic acids is 3. The molecule has 9 nitrogen and oxygen atoms in total. The summed E-state index contributed by atoms with van der Waals surface area (Å²) in [5, 5.41) is 0.135. The molecule has 1 fully saturated rings. The Balaban J connectivity index is 2.05. The van der Waals surface area contributed by atoms with Crippen molar-refractivity contribution in [3.63, 3.8) is 0 Å². The maximum Gasteiger partial charge on any atom is 0.310 e. The molecule has 1 aliphatic rings. The van der Waals surface area contributed by atoms with E-state index in [-0.39, 0.29) is 35.1 Å². The van der Waals surface area contributed by atoms with Crippen LogP contribution in [0.5, 0.6) is 0 Å². The van der Waals surface area contributed by atoms with Crippen molar-refractivity contribution in [2.45, 2.75) is 33.6 Å². The first-order valence-corrected chi connectivity index (χ1v) is 10.7. The lowest BCUT2D eigenvalue weighted by Gasteiger charge is -2.32. The molecule has 0 spiro atoms. The third kappa shape index (κ3) is 5.81. The molecule has 166 valence electrons. The molecule has 0 saturated carbocycles. The smallest absolute Gasteiger partial charge is 0.310 e. The van der Waals surface area contributed by atoms with Gasteiger partial charge in [-0.1, -0.05) is 11.6 Å². The van der Waals surface area contributed by atoms with Crippen LogP contribution in [0.25, 0.3) is 0 Å². The molecule has 1 atom stereocenters. The van der Waals surface area contributed by atoms with Gasteiger partial charge in [0.15, 0.2) is 5.69 Å². The fourth-order valence-electron chi connectivity index (χ4n) is 3.38.